The highest BCUT2D eigenvalue weighted by Crippen LogP contribution is 2.46. The van der Waals surface area contributed by atoms with Crippen molar-refractivity contribution >= 4 is 0 Å². The lowest BCUT2D eigenvalue weighted by Crippen LogP contribution is -2.18. The van der Waals surface area contributed by atoms with Gasteiger partial charge in [0.1, 0.15) is 0 Å². The molecule has 0 bridgehead atoms. The van der Waals surface area contributed by atoms with Gasteiger partial charge in [0.15, 0.2) is 0 Å². The van der Waals surface area contributed by atoms with Gasteiger partial charge in [0, 0.05) is 0 Å². The third-order valence-electron chi connectivity index (χ3n) is 4.04. The Bertz CT molecular complexity index is 169. The van der Waals surface area contributed by atoms with Gasteiger partial charge >= 0.3 is 0 Å². The smallest absolute Gasteiger partial charge is 0.00492 e. The van der Waals surface area contributed by atoms with Crippen LogP contribution < -0.4 is 5.32 Å². The second-order valence-corrected chi connectivity index (χ2v) is 6.16. The second-order valence-electron chi connectivity index (χ2n) is 6.16. The molecule has 84 valence electrons. The van der Waals surface area contributed by atoms with E-state index in [1.165, 1.54) is 25.8 Å². The molecule has 14 heavy (non-hydrogen) atoms. The molecule has 0 spiro atoms. The van der Waals surface area contributed by atoms with Crippen molar-refractivity contribution in [1.29, 1.82) is 0 Å². The predicted molar refractivity (Wildman–Crippen MR) is 63.4 cm³/mol. The quantitative estimate of drug-likeness (QED) is 0.732. The first-order valence-corrected chi connectivity index (χ1v) is 6.09. The molecule has 0 amide bonds. The highest BCUT2D eigenvalue weighted by atomic mass is 14.8. The van der Waals surface area contributed by atoms with Crippen LogP contribution in [-0.4, -0.2) is 13.6 Å². The maximum absolute atomic E-state index is 3.27. The van der Waals surface area contributed by atoms with Crippen molar-refractivity contribution in [2.24, 2.45) is 23.2 Å². The van der Waals surface area contributed by atoms with E-state index in [2.05, 4.69) is 40.1 Å². The van der Waals surface area contributed by atoms with Crippen LogP contribution in [0.5, 0.6) is 0 Å². The summed E-state index contributed by atoms with van der Waals surface area (Å²) in [6.07, 6.45) is 4.26. The summed E-state index contributed by atoms with van der Waals surface area (Å²) in [6, 6.07) is 0. The summed E-state index contributed by atoms with van der Waals surface area (Å²) >= 11 is 0. The molecule has 3 unspecified atom stereocenters. The van der Waals surface area contributed by atoms with Crippen molar-refractivity contribution < 1.29 is 0 Å². The van der Waals surface area contributed by atoms with Crippen molar-refractivity contribution in [3.63, 3.8) is 0 Å². The average molecular weight is 197 g/mol. The third kappa shape index (κ3) is 2.98. The molecule has 1 aliphatic rings. The molecule has 1 saturated carbocycles. The normalized spacial score (nSPS) is 33.6. The molecule has 1 fully saturated rings. The lowest BCUT2D eigenvalue weighted by Gasteiger charge is -2.27. The number of hydrogen-bond donors (Lipinski definition) is 1. The zero-order valence-electron chi connectivity index (χ0n) is 10.6. The summed E-state index contributed by atoms with van der Waals surface area (Å²) in [6.45, 7) is 10.8. The minimum absolute atomic E-state index is 0.517. The highest BCUT2D eigenvalue weighted by molar-refractivity contribution is 4.87. The van der Waals surface area contributed by atoms with E-state index in [1.54, 1.807) is 0 Å². The molecule has 0 aromatic carbocycles. The topological polar surface area (TPSA) is 12.0 Å². The Kier molecular flexibility index (Phi) is 4.00. The molecule has 0 aromatic rings. The van der Waals surface area contributed by atoms with E-state index in [1.807, 2.05) is 0 Å². The molecular formula is C13H27N. The monoisotopic (exact) mass is 197 g/mol. The summed E-state index contributed by atoms with van der Waals surface area (Å²) in [5.41, 5.74) is 0.517. The van der Waals surface area contributed by atoms with Crippen LogP contribution in [0.3, 0.4) is 0 Å². The van der Waals surface area contributed by atoms with Crippen LogP contribution in [0.2, 0.25) is 0 Å². The van der Waals surface area contributed by atoms with E-state index in [0.717, 1.165) is 17.8 Å². The van der Waals surface area contributed by atoms with Crippen LogP contribution in [0.15, 0.2) is 0 Å². The van der Waals surface area contributed by atoms with Gasteiger partial charge in [-0.05, 0) is 56.0 Å². The van der Waals surface area contributed by atoms with Crippen molar-refractivity contribution in [3.8, 4) is 0 Å². The average Bonchev–Trinajstić information content (AvgIpc) is 2.43. The van der Waals surface area contributed by atoms with Gasteiger partial charge < -0.3 is 5.32 Å². The Morgan fingerprint density at radius 2 is 1.86 bits per heavy atom. The lowest BCUT2D eigenvalue weighted by atomic mass is 9.79. The number of rotatable bonds is 3. The maximum atomic E-state index is 3.27. The fourth-order valence-electron chi connectivity index (χ4n) is 2.77. The van der Waals surface area contributed by atoms with Crippen molar-refractivity contribution in [1.82, 2.24) is 5.32 Å². The molecule has 0 radical (unpaired) electrons. The fourth-order valence-corrected chi connectivity index (χ4v) is 2.77. The molecule has 3 atom stereocenters. The molecule has 1 aliphatic carbocycles. The Morgan fingerprint density at radius 3 is 2.29 bits per heavy atom. The first kappa shape index (κ1) is 12.0. The summed E-state index contributed by atoms with van der Waals surface area (Å²) < 4.78 is 0. The number of hydrogen-bond acceptors (Lipinski definition) is 1. The van der Waals surface area contributed by atoms with Crippen LogP contribution in [0.1, 0.15) is 47.0 Å². The van der Waals surface area contributed by atoms with E-state index in [-0.39, 0.29) is 0 Å². The molecule has 0 saturated heterocycles. The molecule has 0 aromatic heterocycles. The minimum Gasteiger partial charge on any atom is -0.320 e. The van der Waals surface area contributed by atoms with Crippen LogP contribution in [0.4, 0.5) is 0 Å². The lowest BCUT2D eigenvalue weighted by molar-refractivity contribution is 0.236. The summed E-state index contributed by atoms with van der Waals surface area (Å²) in [7, 11) is 2.06. The Morgan fingerprint density at radius 1 is 1.21 bits per heavy atom. The summed E-state index contributed by atoms with van der Waals surface area (Å²) in [4.78, 5) is 0. The van der Waals surface area contributed by atoms with E-state index in [0.29, 0.717) is 5.41 Å². The zero-order chi connectivity index (χ0) is 10.8. The first-order valence-electron chi connectivity index (χ1n) is 6.09. The minimum atomic E-state index is 0.517. The van der Waals surface area contributed by atoms with Gasteiger partial charge in [-0.15, -0.1) is 0 Å². The van der Waals surface area contributed by atoms with Gasteiger partial charge in [0.25, 0.3) is 0 Å². The SMILES string of the molecule is CNCCC1CC(C(C)(C)C)CC1C. The molecular weight excluding hydrogens is 170 g/mol. The van der Waals surface area contributed by atoms with Crippen LogP contribution in [-0.2, 0) is 0 Å². The van der Waals surface area contributed by atoms with Crippen molar-refractivity contribution in [3.05, 3.63) is 0 Å². The Balaban J connectivity index is 2.43. The van der Waals surface area contributed by atoms with Crippen LogP contribution >= 0.6 is 0 Å². The van der Waals surface area contributed by atoms with Crippen LogP contribution in [0, 0.1) is 23.2 Å². The highest BCUT2D eigenvalue weighted by Gasteiger charge is 2.36. The molecule has 0 heterocycles. The molecule has 0 aliphatic heterocycles. The predicted octanol–water partition coefficient (Wildman–Crippen LogP) is 3.30. The zero-order valence-corrected chi connectivity index (χ0v) is 10.6. The van der Waals surface area contributed by atoms with E-state index >= 15 is 0 Å². The van der Waals surface area contributed by atoms with E-state index < -0.39 is 0 Å². The van der Waals surface area contributed by atoms with Gasteiger partial charge in [-0.1, -0.05) is 27.7 Å². The van der Waals surface area contributed by atoms with Gasteiger partial charge in [-0.2, -0.15) is 0 Å². The van der Waals surface area contributed by atoms with E-state index in [9.17, 15) is 0 Å². The molecule has 1 heteroatoms. The summed E-state index contributed by atoms with van der Waals surface area (Å²) in [5.74, 6) is 2.85. The van der Waals surface area contributed by atoms with Crippen molar-refractivity contribution in [2.45, 2.75) is 47.0 Å². The Labute approximate surface area is 89.7 Å². The summed E-state index contributed by atoms with van der Waals surface area (Å²) in [5, 5.41) is 3.27. The maximum Gasteiger partial charge on any atom is -0.00492 e. The first-order chi connectivity index (χ1) is 6.45. The molecule has 1 rings (SSSR count). The molecule has 1 nitrogen and oxygen atoms in total. The number of nitrogens with one attached hydrogen (secondary N) is 1. The van der Waals surface area contributed by atoms with Gasteiger partial charge in [-0.3, -0.25) is 0 Å². The largest absolute Gasteiger partial charge is 0.320 e. The second kappa shape index (κ2) is 4.65. The third-order valence-corrected chi connectivity index (χ3v) is 4.04. The standard InChI is InChI=1S/C13H27N/c1-10-8-12(13(2,3)4)9-11(10)6-7-14-5/h10-12,14H,6-9H2,1-5H3. The van der Waals surface area contributed by atoms with E-state index in [4.69, 9.17) is 0 Å². The Hall–Kier alpha value is -0.0400. The fraction of sp³-hybridized carbons (Fsp3) is 1.00. The van der Waals surface area contributed by atoms with Crippen LogP contribution in [0.25, 0.3) is 0 Å². The molecule has 1 N–H and O–H groups in total. The van der Waals surface area contributed by atoms with Crippen molar-refractivity contribution in [2.75, 3.05) is 13.6 Å². The van der Waals surface area contributed by atoms with Gasteiger partial charge in [-0.25, -0.2) is 0 Å². The van der Waals surface area contributed by atoms with Gasteiger partial charge in [0.2, 0.25) is 0 Å². The van der Waals surface area contributed by atoms with Gasteiger partial charge in [0.05, 0.1) is 0 Å².